The van der Waals surface area contributed by atoms with Crippen LogP contribution in [0, 0.1) is 11.8 Å². The number of hydrogen-bond acceptors (Lipinski definition) is 5. The van der Waals surface area contributed by atoms with Gasteiger partial charge in [-0.1, -0.05) is 24.3 Å². The van der Waals surface area contributed by atoms with Crippen LogP contribution < -0.4 is 4.90 Å². The summed E-state index contributed by atoms with van der Waals surface area (Å²) in [5, 5.41) is 1.75. The lowest BCUT2D eigenvalue weighted by molar-refractivity contribution is -0.129. The molecular formula is C23H20N2O4. The smallest absolute Gasteiger partial charge is 0.240 e. The van der Waals surface area contributed by atoms with E-state index in [2.05, 4.69) is 4.98 Å². The predicted molar refractivity (Wildman–Crippen MR) is 106 cm³/mol. The molecule has 3 fully saturated rings. The number of nitrogens with zero attached hydrogens (tertiary/aromatic N) is 2. The molecular weight excluding hydrogens is 368 g/mol. The molecule has 2 amide bonds. The Morgan fingerprint density at radius 1 is 0.966 bits per heavy atom. The molecule has 146 valence electrons. The van der Waals surface area contributed by atoms with Crippen LogP contribution in [0.25, 0.3) is 22.1 Å². The van der Waals surface area contributed by atoms with Crippen molar-refractivity contribution in [2.45, 2.75) is 37.9 Å². The van der Waals surface area contributed by atoms with E-state index < -0.39 is 23.0 Å². The van der Waals surface area contributed by atoms with E-state index in [0.29, 0.717) is 11.4 Å². The second-order valence-electron chi connectivity index (χ2n) is 8.74. The fourth-order valence-electron chi connectivity index (χ4n) is 5.75. The molecule has 0 radical (unpaired) electrons. The van der Waals surface area contributed by atoms with Crippen LogP contribution in [0.15, 0.2) is 53.4 Å². The number of fused-ring (bicyclic) bond motifs is 6. The Kier molecular flexibility index (Phi) is 3.11. The van der Waals surface area contributed by atoms with Crippen LogP contribution in [0.4, 0.5) is 5.69 Å². The highest BCUT2D eigenvalue weighted by Crippen LogP contribution is 2.61. The molecule has 6 heteroatoms. The number of benzene rings is 2. The summed E-state index contributed by atoms with van der Waals surface area (Å²) in [6, 6.07) is 11.5. The molecule has 6 nitrogen and oxygen atoms in total. The largest absolute Gasteiger partial charge is 0.443 e. The topological polar surface area (TPSA) is 72.6 Å². The molecule has 1 unspecified atom stereocenters. The quantitative estimate of drug-likeness (QED) is 0.622. The van der Waals surface area contributed by atoms with Crippen molar-refractivity contribution in [1.29, 1.82) is 0 Å². The van der Waals surface area contributed by atoms with Crippen molar-refractivity contribution in [2.24, 2.45) is 11.8 Å². The van der Waals surface area contributed by atoms with Gasteiger partial charge in [0, 0.05) is 10.9 Å². The van der Waals surface area contributed by atoms with E-state index in [1.54, 1.807) is 6.20 Å². The van der Waals surface area contributed by atoms with E-state index in [9.17, 15) is 9.59 Å². The molecule has 4 heterocycles. The molecule has 2 aromatic carbocycles. The number of hydrogen-bond donors (Lipinski definition) is 0. The third kappa shape index (κ3) is 2.02. The first-order chi connectivity index (χ1) is 13.9. The van der Waals surface area contributed by atoms with Crippen LogP contribution in [0.5, 0.6) is 0 Å². The first kappa shape index (κ1) is 16.9. The second kappa shape index (κ2) is 5.33. The second-order valence-corrected chi connectivity index (χ2v) is 8.74. The molecule has 6 rings (SSSR count). The monoisotopic (exact) mass is 388 g/mol. The van der Waals surface area contributed by atoms with E-state index in [4.69, 9.17) is 9.15 Å². The predicted octanol–water partition coefficient (Wildman–Crippen LogP) is 3.94. The van der Waals surface area contributed by atoms with Gasteiger partial charge in [-0.3, -0.25) is 9.59 Å². The summed E-state index contributed by atoms with van der Waals surface area (Å²) < 4.78 is 11.7. The number of imide groups is 1. The Labute approximate surface area is 167 Å². The van der Waals surface area contributed by atoms with E-state index in [1.165, 1.54) is 11.3 Å². The van der Waals surface area contributed by atoms with Gasteiger partial charge in [-0.2, -0.15) is 0 Å². The highest BCUT2D eigenvalue weighted by Gasteiger charge is 2.72. The van der Waals surface area contributed by atoms with Crippen molar-refractivity contribution in [3.8, 4) is 11.3 Å². The van der Waals surface area contributed by atoms with Crippen molar-refractivity contribution in [3.05, 3.63) is 49.0 Å². The molecule has 3 aliphatic heterocycles. The van der Waals surface area contributed by atoms with Gasteiger partial charge in [0.15, 0.2) is 12.2 Å². The lowest BCUT2D eigenvalue weighted by Crippen LogP contribution is -2.40. The fraction of sp³-hybridized carbons (Fsp3) is 0.348. The van der Waals surface area contributed by atoms with Gasteiger partial charge in [0.05, 0.1) is 34.9 Å². The normalized spacial score (nSPS) is 33.1. The number of anilines is 1. The first-order valence-corrected chi connectivity index (χ1v) is 9.92. The number of oxazole rings is 1. The maximum absolute atomic E-state index is 13.5. The van der Waals surface area contributed by atoms with Crippen molar-refractivity contribution in [2.75, 3.05) is 4.90 Å². The van der Waals surface area contributed by atoms with Gasteiger partial charge < -0.3 is 9.15 Å². The van der Waals surface area contributed by atoms with Gasteiger partial charge in [-0.05, 0) is 44.2 Å². The molecule has 3 aliphatic rings. The summed E-state index contributed by atoms with van der Waals surface area (Å²) in [7, 11) is 0. The lowest BCUT2D eigenvalue weighted by atomic mass is 9.69. The average molecular weight is 388 g/mol. The first-order valence-electron chi connectivity index (χ1n) is 9.92. The third-order valence-corrected chi connectivity index (χ3v) is 7.05. The molecule has 2 bridgehead atoms. The summed E-state index contributed by atoms with van der Waals surface area (Å²) in [6.45, 7) is 3.95. The molecule has 1 aromatic heterocycles. The highest BCUT2D eigenvalue weighted by molar-refractivity contribution is 6.26. The van der Waals surface area contributed by atoms with Crippen LogP contribution in [-0.2, 0) is 14.3 Å². The van der Waals surface area contributed by atoms with Gasteiger partial charge in [0.25, 0.3) is 0 Å². The van der Waals surface area contributed by atoms with Crippen LogP contribution in [0.3, 0.4) is 0 Å². The molecule has 0 N–H and O–H groups in total. The number of aromatic nitrogens is 1. The Morgan fingerprint density at radius 2 is 1.62 bits per heavy atom. The fourth-order valence-corrected chi connectivity index (χ4v) is 5.75. The van der Waals surface area contributed by atoms with E-state index >= 15 is 0 Å². The SMILES string of the molecule is C[C@@]12CC[C@](C)(O1)[C@@H]1C(=O)N(c3ccc(-c4cnco4)c4ccccc34)C(=O)C12. The van der Waals surface area contributed by atoms with E-state index in [-0.39, 0.29) is 11.8 Å². The Morgan fingerprint density at radius 3 is 2.24 bits per heavy atom. The van der Waals surface area contributed by atoms with Crippen molar-refractivity contribution < 1.29 is 18.7 Å². The Hall–Kier alpha value is -2.99. The summed E-state index contributed by atoms with van der Waals surface area (Å²) in [6.07, 6.45) is 4.67. The molecule has 0 spiro atoms. The molecule has 0 saturated carbocycles. The Balaban J connectivity index is 1.53. The van der Waals surface area contributed by atoms with Crippen LogP contribution >= 0.6 is 0 Å². The molecule has 0 aliphatic carbocycles. The summed E-state index contributed by atoms with van der Waals surface area (Å²) in [4.78, 5) is 32.4. The summed E-state index contributed by atoms with van der Waals surface area (Å²) in [5.74, 6) is -0.481. The standard InChI is InChI=1S/C23H20N2O4/c1-22-9-10-23(2,29-22)19-18(22)20(26)25(21(19)27)16-8-7-15(17-11-24-12-28-17)13-5-3-4-6-14(13)16/h3-8,11-12,18-19H,9-10H2,1-2H3/t18-,19?,22-,23-/m0/s1. The third-order valence-electron chi connectivity index (χ3n) is 7.05. The van der Waals surface area contributed by atoms with Gasteiger partial charge in [-0.15, -0.1) is 0 Å². The molecule has 3 aromatic rings. The maximum Gasteiger partial charge on any atom is 0.240 e. The zero-order valence-corrected chi connectivity index (χ0v) is 16.2. The van der Waals surface area contributed by atoms with Gasteiger partial charge in [-0.25, -0.2) is 9.88 Å². The lowest BCUT2D eigenvalue weighted by Gasteiger charge is -2.27. The molecule has 3 saturated heterocycles. The average Bonchev–Trinajstić information content (AvgIpc) is 3.44. The van der Waals surface area contributed by atoms with Crippen LogP contribution in [-0.4, -0.2) is 28.0 Å². The highest BCUT2D eigenvalue weighted by atomic mass is 16.5. The minimum absolute atomic E-state index is 0.150. The van der Waals surface area contributed by atoms with Gasteiger partial charge in [0.1, 0.15) is 0 Å². The number of rotatable bonds is 2. The van der Waals surface area contributed by atoms with Crippen molar-refractivity contribution >= 4 is 28.3 Å². The summed E-state index contributed by atoms with van der Waals surface area (Å²) >= 11 is 0. The summed E-state index contributed by atoms with van der Waals surface area (Å²) in [5.41, 5.74) is 0.385. The van der Waals surface area contributed by atoms with Gasteiger partial charge >= 0.3 is 0 Å². The maximum atomic E-state index is 13.5. The number of carbonyl (C=O) groups is 2. The van der Waals surface area contributed by atoms with E-state index in [1.807, 2.05) is 50.2 Å². The number of ether oxygens (including phenoxy) is 1. The minimum Gasteiger partial charge on any atom is -0.443 e. The zero-order valence-electron chi connectivity index (χ0n) is 16.2. The van der Waals surface area contributed by atoms with Crippen LogP contribution in [0.2, 0.25) is 0 Å². The zero-order chi connectivity index (χ0) is 20.0. The minimum atomic E-state index is -0.559. The van der Waals surface area contributed by atoms with Crippen molar-refractivity contribution in [1.82, 2.24) is 4.98 Å². The molecule has 4 atom stereocenters. The van der Waals surface area contributed by atoms with Gasteiger partial charge in [0.2, 0.25) is 11.8 Å². The number of amides is 2. The number of carbonyl (C=O) groups excluding carboxylic acids is 2. The Bertz CT molecular complexity index is 1150. The molecule has 29 heavy (non-hydrogen) atoms. The van der Waals surface area contributed by atoms with Crippen molar-refractivity contribution in [3.63, 3.8) is 0 Å². The van der Waals surface area contributed by atoms with Crippen LogP contribution in [0.1, 0.15) is 26.7 Å². The van der Waals surface area contributed by atoms with E-state index in [0.717, 1.165) is 29.2 Å².